The lowest BCUT2D eigenvalue weighted by molar-refractivity contribution is -0.137. The van der Waals surface area contributed by atoms with Gasteiger partial charge in [0.25, 0.3) is 5.91 Å². The molecule has 3 aromatic heterocycles. The third-order valence-electron chi connectivity index (χ3n) is 7.63. The van der Waals surface area contributed by atoms with E-state index in [2.05, 4.69) is 27.2 Å². The zero-order chi connectivity index (χ0) is 28.4. The van der Waals surface area contributed by atoms with Gasteiger partial charge in [0.15, 0.2) is 9.84 Å². The van der Waals surface area contributed by atoms with Crippen LogP contribution in [-0.4, -0.2) is 83.4 Å². The highest BCUT2D eigenvalue weighted by Gasteiger charge is 2.39. The maximum Gasteiger partial charge on any atom is 0.420 e. The number of likely N-dealkylation sites (tertiary alicyclic amines) is 1. The average Bonchev–Trinajstić information content (AvgIpc) is 3.51. The molecule has 0 unspecified atom stereocenters. The summed E-state index contributed by atoms with van der Waals surface area (Å²) in [6.45, 7) is 1.91. The normalized spacial score (nSPS) is 20.4. The number of aromatic nitrogens is 4. The number of nitrogens with one attached hydrogen (secondary N) is 1. The third kappa shape index (κ3) is 5.09. The van der Waals surface area contributed by atoms with Crippen LogP contribution < -0.4 is 5.32 Å². The lowest BCUT2D eigenvalue weighted by Gasteiger charge is -2.29. The number of hydrogen-bond acceptors (Lipinski definition) is 9. The van der Waals surface area contributed by atoms with Gasteiger partial charge >= 0.3 is 6.18 Å². The van der Waals surface area contributed by atoms with Gasteiger partial charge < -0.3 is 15.1 Å². The maximum atomic E-state index is 14.0. The molecular weight excluding hydrogens is 567 g/mol. The molecule has 1 saturated heterocycles. The second-order valence-corrected chi connectivity index (χ2v) is 13.8. The van der Waals surface area contributed by atoms with Crippen molar-refractivity contribution >= 4 is 38.7 Å². The fourth-order valence-electron chi connectivity index (χ4n) is 5.08. The Morgan fingerprint density at radius 2 is 1.82 bits per heavy atom. The van der Waals surface area contributed by atoms with E-state index < -0.39 is 33.2 Å². The first kappa shape index (κ1) is 27.1. The predicted molar refractivity (Wildman–Crippen MR) is 143 cm³/mol. The summed E-state index contributed by atoms with van der Waals surface area (Å²) in [5, 5.41) is 7.91. The SMILES string of the molecule is CN1CCC(n2cc(Nc3ncc(C(F)(F)F)c(-c4cc5c(s4)C(=O)N(C)CCS5(=O)=O)n3)c(C3CC3)n2)CC1. The molecule has 1 N–H and O–H groups in total. The molecule has 214 valence electrons. The number of rotatable bonds is 5. The zero-order valence-electron chi connectivity index (χ0n) is 21.9. The first-order valence-corrected chi connectivity index (χ1v) is 15.5. The van der Waals surface area contributed by atoms with Gasteiger partial charge in [-0.05, 0) is 51.9 Å². The molecule has 10 nitrogen and oxygen atoms in total. The van der Waals surface area contributed by atoms with E-state index in [4.69, 9.17) is 5.10 Å². The van der Waals surface area contributed by atoms with Crippen molar-refractivity contribution in [3.63, 3.8) is 0 Å². The third-order valence-corrected chi connectivity index (χ3v) is 10.6. The van der Waals surface area contributed by atoms with Crippen LogP contribution in [0.5, 0.6) is 0 Å². The molecule has 5 heterocycles. The Labute approximate surface area is 233 Å². The molecule has 2 aliphatic heterocycles. The molecule has 0 spiro atoms. The highest BCUT2D eigenvalue weighted by molar-refractivity contribution is 7.91. The van der Waals surface area contributed by atoms with Gasteiger partial charge in [-0.25, -0.2) is 18.4 Å². The first-order chi connectivity index (χ1) is 18.9. The second-order valence-electron chi connectivity index (χ2n) is 10.6. The number of hydrogen-bond donors (Lipinski definition) is 1. The van der Waals surface area contributed by atoms with Gasteiger partial charge in [-0.3, -0.25) is 9.48 Å². The molecule has 6 rings (SSSR count). The second kappa shape index (κ2) is 9.80. The molecule has 3 aliphatic rings. The van der Waals surface area contributed by atoms with Crippen LogP contribution in [0.25, 0.3) is 10.6 Å². The molecule has 0 aromatic carbocycles. The predicted octanol–water partition coefficient (Wildman–Crippen LogP) is 4.17. The summed E-state index contributed by atoms with van der Waals surface area (Å²) in [5.41, 5.74) is -0.110. The largest absolute Gasteiger partial charge is 0.420 e. The van der Waals surface area contributed by atoms with E-state index in [9.17, 15) is 26.4 Å². The van der Waals surface area contributed by atoms with Crippen molar-refractivity contribution in [3.05, 3.63) is 34.6 Å². The van der Waals surface area contributed by atoms with Crippen molar-refractivity contribution in [2.24, 2.45) is 0 Å². The van der Waals surface area contributed by atoms with E-state index in [-0.39, 0.29) is 44.9 Å². The summed E-state index contributed by atoms with van der Waals surface area (Å²) in [6, 6.07) is 1.36. The minimum absolute atomic E-state index is 0.00183. The van der Waals surface area contributed by atoms with E-state index in [1.54, 1.807) is 0 Å². The molecule has 0 bridgehead atoms. The van der Waals surface area contributed by atoms with Crippen LogP contribution in [0, 0.1) is 0 Å². The summed E-state index contributed by atoms with van der Waals surface area (Å²) < 4.78 is 69.7. The van der Waals surface area contributed by atoms with E-state index in [0.29, 0.717) is 23.2 Å². The number of carbonyl (C=O) groups is 1. The van der Waals surface area contributed by atoms with Crippen LogP contribution in [0.15, 0.2) is 23.4 Å². The van der Waals surface area contributed by atoms with E-state index in [0.717, 1.165) is 50.5 Å². The first-order valence-electron chi connectivity index (χ1n) is 13.0. The molecule has 1 aliphatic carbocycles. The molecule has 0 radical (unpaired) electrons. The molecule has 3 aromatic rings. The van der Waals surface area contributed by atoms with Crippen molar-refractivity contribution in [2.75, 3.05) is 44.8 Å². The molecule has 1 amide bonds. The Kier molecular flexibility index (Phi) is 6.65. The summed E-state index contributed by atoms with van der Waals surface area (Å²) in [6.07, 6.45) is 1.62. The number of amides is 1. The number of anilines is 2. The quantitative estimate of drug-likeness (QED) is 0.468. The molecular formula is C25H28F3N7O3S2. The standard InChI is InChI=1S/C25H28F3N7O3S2/c1-33-7-5-15(6-8-33)35-13-17(20(32-35)14-3-4-14)30-24-29-12-16(25(26,27)28)21(31-24)18-11-19-22(39-18)23(36)34(2)9-10-40(19,37)38/h11-15H,3-10H2,1-2H3,(H,29,30,31). The molecule has 15 heteroatoms. The monoisotopic (exact) mass is 595 g/mol. The number of carbonyl (C=O) groups excluding carboxylic acids is 1. The van der Waals surface area contributed by atoms with Crippen LogP contribution in [0.4, 0.5) is 24.8 Å². The van der Waals surface area contributed by atoms with Crippen molar-refractivity contribution in [2.45, 2.75) is 48.7 Å². The highest BCUT2D eigenvalue weighted by atomic mass is 32.2. The van der Waals surface area contributed by atoms with Gasteiger partial charge in [0.05, 0.1) is 38.6 Å². The highest BCUT2D eigenvalue weighted by Crippen LogP contribution is 2.45. The fraction of sp³-hybridized carbons (Fsp3) is 0.520. The Balaban J connectivity index is 1.39. The summed E-state index contributed by atoms with van der Waals surface area (Å²) >= 11 is 0.693. The number of alkyl halides is 3. The minimum Gasteiger partial charge on any atom is -0.340 e. The number of thiophene rings is 1. The van der Waals surface area contributed by atoms with Gasteiger partial charge in [0.2, 0.25) is 5.95 Å². The van der Waals surface area contributed by atoms with Crippen molar-refractivity contribution in [1.82, 2.24) is 29.5 Å². The topological polar surface area (TPSA) is 113 Å². The minimum atomic E-state index is -4.80. The van der Waals surface area contributed by atoms with E-state index in [1.807, 2.05) is 10.9 Å². The molecule has 1 saturated carbocycles. The van der Waals surface area contributed by atoms with Gasteiger partial charge in [0.1, 0.15) is 10.4 Å². The smallest absolute Gasteiger partial charge is 0.340 e. The number of nitrogens with zero attached hydrogens (tertiary/aromatic N) is 6. The maximum absolute atomic E-state index is 14.0. The van der Waals surface area contributed by atoms with Crippen LogP contribution in [0.2, 0.25) is 0 Å². The van der Waals surface area contributed by atoms with Gasteiger partial charge in [-0.2, -0.15) is 18.3 Å². The Bertz CT molecular complexity index is 1570. The zero-order valence-corrected chi connectivity index (χ0v) is 23.5. The van der Waals surface area contributed by atoms with E-state index >= 15 is 0 Å². The molecule has 0 atom stereocenters. The summed E-state index contributed by atoms with van der Waals surface area (Å²) in [5.74, 6) is -0.664. The summed E-state index contributed by atoms with van der Waals surface area (Å²) in [4.78, 5) is 24.0. The Hall–Kier alpha value is -3.04. The van der Waals surface area contributed by atoms with Crippen LogP contribution in [0.3, 0.4) is 0 Å². The number of halogens is 3. The lowest BCUT2D eigenvalue weighted by Crippen LogP contribution is -2.31. The van der Waals surface area contributed by atoms with Crippen LogP contribution in [-0.2, 0) is 16.0 Å². The molecule has 2 fully saturated rings. The van der Waals surface area contributed by atoms with Crippen LogP contribution >= 0.6 is 11.3 Å². The number of fused-ring (bicyclic) bond motifs is 1. The lowest BCUT2D eigenvalue weighted by atomic mass is 10.1. The fourth-order valence-corrected chi connectivity index (χ4v) is 8.11. The van der Waals surface area contributed by atoms with Crippen molar-refractivity contribution in [1.29, 1.82) is 0 Å². The van der Waals surface area contributed by atoms with Gasteiger partial charge in [-0.15, -0.1) is 11.3 Å². The van der Waals surface area contributed by atoms with Gasteiger partial charge in [0, 0.05) is 31.9 Å². The Morgan fingerprint density at radius 1 is 1.10 bits per heavy atom. The van der Waals surface area contributed by atoms with Crippen molar-refractivity contribution < 1.29 is 26.4 Å². The Morgan fingerprint density at radius 3 is 2.50 bits per heavy atom. The van der Waals surface area contributed by atoms with Crippen LogP contribution in [0.1, 0.15) is 58.6 Å². The number of piperidine rings is 1. The van der Waals surface area contributed by atoms with Gasteiger partial charge in [-0.1, -0.05) is 0 Å². The van der Waals surface area contributed by atoms with Crippen molar-refractivity contribution in [3.8, 4) is 10.6 Å². The van der Waals surface area contributed by atoms with E-state index in [1.165, 1.54) is 11.9 Å². The number of sulfone groups is 1. The molecule has 40 heavy (non-hydrogen) atoms. The average molecular weight is 596 g/mol. The summed E-state index contributed by atoms with van der Waals surface area (Å²) in [7, 11) is -0.323.